The van der Waals surface area contributed by atoms with Crippen LogP contribution in [0.25, 0.3) is 11.0 Å². The molecule has 5 nitrogen and oxygen atoms in total. The van der Waals surface area contributed by atoms with E-state index in [0.717, 1.165) is 33.7 Å². The summed E-state index contributed by atoms with van der Waals surface area (Å²) >= 11 is 0. The number of aliphatic hydroxyl groups excluding tert-OH is 1. The summed E-state index contributed by atoms with van der Waals surface area (Å²) in [7, 11) is 0. The smallest absolute Gasteiger partial charge is 0.134 e. The van der Waals surface area contributed by atoms with E-state index in [2.05, 4.69) is 10.4 Å². The van der Waals surface area contributed by atoms with Crippen molar-refractivity contribution >= 4 is 11.0 Å². The van der Waals surface area contributed by atoms with Gasteiger partial charge in [0.15, 0.2) is 0 Å². The Kier molecular flexibility index (Phi) is 4.92. The minimum atomic E-state index is -0.258. The number of halogens is 1. The van der Waals surface area contributed by atoms with Crippen LogP contribution in [0.4, 0.5) is 4.39 Å². The Hall–Kier alpha value is -2.18. The minimum Gasteiger partial charge on any atom is -0.459 e. The first kappa shape index (κ1) is 17.6. The fourth-order valence-corrected chi connectivity index (χ4v) is 3.28. The lowest BCUT2D eigenvalue weighted by molar-refractivity contribution is 0.267. The number of furan rings is 1. The molecular weight excluding hydrogens is 321 g/mol. The maximum absolute atomic E-state index is 13.5. The van der Waals surface area contributed by atoms with Gasteiger partial charge in [0.05, 0.1) is 24.9 Å². The zero-order valence-corrected chi connectivity index (χ0v) is 15.1. The highest BCUT2D eigenvalue weighted by Gasteiger charge is 2.18. The van der Waals surface area contributed by atoms with Crippen molar-refractivity contribution in [2.75, 3.05) is 6.61 Å². The molecule has 0 amide bonds. The van der Waals surface area contributed by atoms with Gasteiger partial charge in [0.25, 0.3) is 0 Å². The highest BCUT2D eigenvalue weighted by molar-refractivity contribution is 5.82. The van der Waals surface area contributed by atoms with Crippen molar-refractivity contribution in [2.45, 2.75) is 46.8 Å². The van der Waals surface area contributed by atoms with Crippen molar-refractivity contribution in [3.8, 4) is 0 Å². The Balaban J connectivity index is 1.79. The van der Waals surface area contributed by atoms with Crippen molar-refractivity contribution in [3.05, 3.63) is 52.3 Å². The Bertz CT molecular complexity index is 898. The van der Waals surface area contributed by atoms with E-state index in [4.69, 9.17) is 9.52 Å². The van der Waals surface area contributed by atoms with Gasteiger partial charge in [-0.15, -0.1) is 0 Å². The third kappa shape index (κ3) is 3.32. The lowest BCUT2D eigenvalue weighted by atomic mass is 10.1. The number of nitrogens with one attached hydrogen (secondary N) is 1. The summed E-state index contributed by atoms with van der Waals surface area (Å²) < 4.78 is 21.2. The zero-order chi connectivity index (χ0) is 18.1. The molecule has 0 saturated heterocycles. The molecule has 1 unspecified atom stereocenters. The van der Waals surface area contributed by atoms with Gasteiger partial charge in [0.1, 0.15) is 17.2 Å². The molecular formula is C19H24FN3O2. The van der Waals surface area contributed by atoms with Gasteiger partial charge >= 0.3 is 0 Å². The molecule has 0 aliphatic carbocycles. The number of hydrogen-bond acceptors (Lipinski definition) is 4. The molecule has 0 aliphatic rings. The van der Waals surface area contributed by atoms with E-state index in [0.29, 0.717) is 18.7 Å². The Morgan fingerprint density at radius 3 is 2.80 bits per heavy atom. The zero-order valence-electron chi connectivity index (χ0n) is 15.1. The molecule has 25 heavy (non-hydrogen) atoms. The quantitative estimate of drug-likeness (QED) is 0.717. The summed E-state index contributed by atoms with van der Waals surface area (Å²) in [4.78, 5) is 0. The first-order valence-electron chi connectivity index (χ1n) is 8.48. The third-order valence-corrected chi connectivity index (χ3v) is 4.76. The van der Waals surface area contributed by atoms with Gasteiger partial charge < -0.3 is 14.8 Å². The SMILES string of the molecule is Cc1nn(CCO)c(C)c1CNC(C)c1oc2ccc(F)cc2c1C. The maximum Gasteiger partial charge on any atom is 0.134 e. The summed E-state index contributed by atoms with van der Waals surface area (Å²) in [5.41, 5.74) is 4.79. The van der Waals surface area contributed by atoms with E-state index >= 15 is 0 Å². The van der Waals surface area contributed by atoms with Gasteiger partial charge in [-0.3, -0.25) is 4.68 Å². The molecule has 0 bridgehead atoms. The number of nitrogens with zero attached hydrogens (tertiary/aromatic N) is 2. The minimum absolute atomic E-state index is 0.0181. The van der Waals surface area contributed by atoms with Crippen molar-refractivity contribution in [1.29, 1.82) is 0 Å². The number of rotatable bonds is 6. The topological polar surface area (TPSA) is 63.2 Å². The molecule has 2 N–H and O–H groups in total. The molecule has 1 aromatic carbocycles. The number of benzene rings is 1. The molecule has 134 valence electrons. The average Bonchev–Trinajstić information content (AvgIpc) is 3.04. The van der Waals surface area contributed by atoms with Crippen molar-refractivity contribution < 1.29 is 13.9 Å². The first-order chi connectivity index (χ1) is 11.9. The predicted molar refractivity (Wildman–Crippen MR) is 95.0 cm³/mol. The highest BCUT2D eigenvalue weighted by Crippen LogP contribution is 2.30. The molecule has 1 atom stereocenters. The van der Waals surface area contributed by atoms with Crippen LogP contribution in [0, 0.1) is 26.6 Å². The number of aromatic nitrogens is 2. The summed E-state index contributed by atoms with van der Waals surface area (Å²) in [6.45, 7) is 9.17. The molecule has 3 rings (SSSR count). The van der Waals surface area contributed by atoms with Crippen LogP contribution in [0.3, 0.4) is 0 Å². The van der Waals surface area contributed by atoms with Crippen molar-refractivity contribution in [2.24, 2.45) is 0 Å². The van der Waals surface area contributed by atoms with Gasteiger partial charge in [-0.25, -0.2) is 4.39 Å². The molecule has 0 saturated carbocycles. The lowest BCUT2D eigenvalue weighted by Gasteiger charge is -2.13. The van der Waals surface area contributed by atoms with E-state index < -0.39 is 0 Å². The van der Waals surface area contributed by atoms with Crippen molar-refractivity contribution in [3.63, 3.8) is 0 Å². The van der Waals surface area contributed by atoms with E-state index in [-0.39, 0.29) is 18.5 Å². The van der Waals surface area contributed by atoms with Crippen LogP contribution in [0.1, 0.15) is 41.2 Å². The normalized spacial score (nSPS) is 12.9. The molecule has 0 fully saturated rings. The Morgan fingerprint density at radius 2 is 2.08 bits per heavy atom. The standard InChI is InChI=1S/C19H24FN3O2/c1-11-16-9-15(20)5-6-18(16)25-19(11)13(3)21-10-17-12(2)22-23(7-8-24)14(17)4/h5-6,9,13,21,24H,7-8,10H2,1-4H3. The summed E-state index contributed by atoms with van der Waals surface area (Å²) in [5, 5.41) is 17.9. The van der Waals surface area contributed by atoms with Gasteiger partial charge in [-0.05, 0) is 45.9 Å². The number of aliphatic hydroxyl groups is 1. The fraction of sp³-hybridized carbons (Fsp3) is 0.421. The second-order valence-corrected chi connectivity index (χ2v) is 6.43. The largest absolute Gasteiger partial charge is 0.459 e. The van der Waals surface area contributed by atoms with Gasteiger partial charge in [-0.2, -0.15) is 5.10 Å². The Labute approximate surface area is 146 Å². The first-order valence-corrected chi connectivity index (χ1v) is 8.48. The van der Waals surface area contributed by atoms with Gasteiger partial charge in [0, 0.05) is 28.8 Å². The lowest BCUT2D eigenvalue weighted by Crippen LogP contribution is -2.19. The highest BCUT2D eigenvalue weighted by atomic mass is 19.1. The van der Waals surface area contributed by atoms with Crippen LogP contribution >= 0.6 is 0 Å². The summed E-state index contributed by atoms with van der Waals surface area (Å²) in [6.07, 6.45) is 0. The second-order valence-electron chi connectivity index (χ2n) is 6.43. The van der Waals surface area contributed by atoms with E-state index in [1.54, 1.807) is 6.07 Å². The molecule has 2 aromatic heterocycles. The molecule has 0 aliphatic heterocycles. The summed E-state index contributed by atoms with van der Waals surface area (Å²) in [6, 6.07) is 4.57. The van der Waals surface area contributed by atoms with E-state index in [1.807, 2.05) is 32.4 Å². The predicted octanol–water partition coefficient (Wildman–Crippen LogP) is 3.54. The van der Waals surface area contributed by atoms with Gasteiger partial charge in [0.2, 0.25) is 0 Å². The number of aryl methyl sites for hydroxylation is 2. The third-order valence-electron chi connectivity index (χ3n) is 4.76. The number of hydrogen-bond donors (Lipinski definition) is 2. The van der Waals surface area contributed by atoms with Crippen LogP contribution in [0.15, 0.2) is 22.6 Å². The van der Waals surface area contributed by atoms with Crippen LogP contribution in [-0.2, 0) is 13.1 Å². The second kappa shape index (κ2) is 6.98. The van der Waals surface area contributed by atoms with Gasteiger partial charge in [-0.1, -0.05) is 0 Å². The molecule has 3 aromatic rings. The molecule has 0 radical (unpaired) electrons. The van der Waals surface area contributed by atoms with Crippen LogP contribution in [0.5, 0.6) is 0 Å². The maximum atomic E-state index is 13.5. The molecule has 0 spiro atoms. The average molecular weight is 345 g/mol. The fourth-order valence-electron chi connectivity index (χ4n) is 3.28. The van der Waals surface area contributed by atoms with E-state index in [1.165, 1.54) is 12.1 Å². The molecule has 2 heterocycles. The van der Waals surface area contributed by atoms with Crippen molar-refractivity contribution in [1.82, 2.24) is 15.1 Å². The number of fused-ring (bicyclic) bond motifs is 1. The van der Waals surface area contributed by atoms with Crippen LogP contribution in [-0.4, -0.2) is 21.5 Å². The Morgan fingerprint density at radius 1 is 1.32 bits per heavy atom. The van der Waals surface area contributed by atoms with Crippen LogP contribution in [0.2, 0.25) is 0 Å². The van der Waals surface area contributed by atoms with E-state index in [9.17, 15) is 4.39 Å². The van der Waals surface area contributed by atoms with Crippen LogP contribution < -0.4 is 5.32 Å². The summed E-state index contributed by atoms with van der Waals surface area (Å²) in [5.74, 6) is 0.560. The monoisotopic (exact) mass is 345 g/mol. The molecule has 6 heteroatoms.